The van der Waals surface area contributed by atoms with Crippen LogP contribution in [0.4, 0.5) is 4.39 Å². The molecule has 0 radical (unpaired) electrons. The molecule has 0 spiro atoms. The number of halogens is 3. The van der Waals surface area contributed by atoms with Crippen molar-refractivity contribution in [2.75, 3.05) is 0 Å². The molecule has 0 aliphatic heterocycles. The van der Waals surface area contributed by atoms with Crippen LogP contribution < -0.4 is 5.56 Å². The highest BCUT2D eigenvalue weighted by molar-refractivity contribution is 9.10. The zero-order valence-corrected chi connectivity index (χ0v) is 10.5. The molecule has 2 rings (SSSR count). The Morgan fingerprint density at radius 2 is 2.12 bits per heavy atom. The number of rotatable bonds is 1. The van der Waals surface area contributed by atoms with Crippen molar-refractivity contribution in [2.24, 2.45) is 0 Å². The summed E-state index contributed by atoms with van der Waals surface area (Å²) < 4.78 is 13.0. The third-order valence-corrected chi connectivity index (χ3v) is 2.91. The van der Waals surface area contributed by atoms with Gasteiger partial charge in [0.2, 0.25) is 5.88 Å². The van der Waals surface area contributed by atoms with Gasteiger partial charge in [0.05, 0.1) is 0 Å². The van der Waals surface area contributed by atoms with Crippen LogP contribution in [0.5, 0.6) is 5.88 Å². The Morgan fingerprint density at radius 3 is 2.71 bits per heavy atom. The van der Waals surface area contributed by atoms with Gasteiger partial charge in [-0.05, 0) is 34.1 Å². The van der Waals surface area contributed by atoms with Crippen LogP contribution in [0.2, 0.25) is 5.02 Å². The quantitative estimate of drug-likeness (QED) is 0.849. The molecule has 7 heteroatoms. The van der Waals surface area contributed by atoms with Crippen molar-refractivity contribution in [3.63, 3.8) is 0 Å². The van der Waals surface area contributed by atoms with Crippen LogP contribution >= 0.6 is 27.5 Å². The molecule has 2 N–H and O–H groups in total. The highest BCUT2D eigenvalue weighted by atomic mass is 79.9. The van der Waals surface area contributed by atoms with E-state index in [1.54, 1.807) is 0 Å². The second kappa shape index (κ2) is 4.46. The van der Waals surface area contributed by atoms with Crippen LogP contribution in [0.3, 0.4) is 0 Å². The van der Waals surface area contributed by atoms with E-state index >= 15 is 0 Å². The molecule has 0 saturated heterocycles. The van der Waals surface area contributed by atoms with E-state index in [0.29, 0.717) is 0 Å². The Morgan fingerprint density at radius 1 is 1.41 bits per heavy atom. The molecule has 4 nitrogen and oxygen atoms in total. The molecule has 0 amide bonds. The molecule has 0 aliphatic rings. The molecule has 1 aromatic carbocycles. The van der Waals surface area contributed by atoms with Crippen LogP contribution in [0.25, 0.3) is 11.4 Å². The minimum Gasteiger partial charge on any atom is -0.492 e. The number of hydrogen-bond acceptors (Lipinski definition) is 3. The highest BCUT2D eigenvalue weighted by Crippen LogP contribution is 2.24. The van der Waals surface area contributed by atoms with E-state index < -0.39 is 17.3 Å². The average molecular weight is 320 g/mol. The van der Waals surface area contributed by atoms with Gasteiger partial charge in [-0.2, -0.15) is 4.98 Å². The standard InChI is InChI=1S/C10H5BrClFN2O2/c11-7-9(16)14-8(15-10(7)17)4-1-5(12)3-6(13)2-4/h1-3H,(H2,14,15,16,17). The Hall–Kier alpha value is -1.40. The Balaban J connectivity index is 2.65. The Labute approximate surface area is 108 Å². The third-order valence-electron chi connectivity index (χ3n) is 1.98. The lowest BCUT2D eigenvalue weighted by molar-refractivity contribution is 0.448. The van der Waals surface area contributed by atoms with Crippen molar-refractivity contribution in [3.05, 3.63) is 43.9 Å². The van der Waals surface area contributed by atoms with Crippen molar-refractivity contribution < 1.29 is 9.50 Å². The predicted octanol–water partition coefficient (Wildman–Crippen LogP) is 2.70. The molecule has 88 valence electrons. The fourth-order valence-corrected chi connectivity index (χ4v) is 1.68. The second-order valence-corrected chi connectivity index (χ2v) is 4.44. The summed E-state index contributed by atoms with van der Waals surface area (Å²) in [6, 6.07) is 3.70. The maximum absolute atomic E-state index is 13.1. The highest BCUT2D eigenvalue weighted by Gasteiger charge is 2.10. The first-order valence-electron chi connectivity index (χ1n) is 4.42. The Kier molecular flexibility index (Phi) is 3.17. The van der Waals surface area contributed by atoms with Gasteiger partial charge in [-0.15, -0.1) is 0 Å². The number of aromatic hydroxyl groups is 1. The van der Waals surface area contributed by atoms with Crippen LogP contribution in [0.1, 0.15) is 0 Å². The normalized spacial score (nSPS) is 10.5. The molecule has 1 heterocycles. The fourth-order valence-electron chi connectivity index (χ4n) is 1.27. The topological polar surface area (TPSA) is 66.0 Å². The lowest BCUT2D eigenvalue weighted by atomic mass is 10.2. The van der Waals surface area contributed by atoms with Crippen molar-refractivity contribution >= 4 is 27.5 Å². The maximum atomic E-state index is 13.1. The minimum atomic E-state index is -0.562. The molecular formula is C10H5BrClFN2O2. The minimum absolute atomic E-state index is 0.0390. The fraction of sp³-hybridized carbons (Fsp3) is 0. The molecule has 0 aliphatic carbocycles. The van der Waals surface area contributed by atoms with Crippen LogP contribution in [-0.4, -0.2) is 15.1 Å². The lowest BCUT2D eigenvalue weighted by Crippen LogP contribution is -2.09. The SMILES string of the molecule is O=c1[nH]c(-c2cc(F)cc(Cl)c2)nc(O)c1Br. The van der Waals surface area contributed by atoms with E-state index in [1.807, 2.05) is 0 Å². The predicted molar refractivity (Wildman–Crippen MR) is 64.6 cm³/mol. The molecule has 0 unspecified atom stereocenters. The van der Waals surface area contributed by atoms with Gasteiger partial charge < -0.3 is 10.1 Å². The van der Waals surface area contributed by atoms with Crippen LogP contribution in [0.15, 0.2) is 27.5 Å². The molecule has 0 atom stereocenters. The van der Waals surface area contributed by atoms with Gasteiger partial charge in [0.15, 0.2) is 0 Å². The average Bonchev–Trinajstić information content (AvgIpc) is 2.23. The van der Waals surface area contributed by atoms with Gasteiger partial charge in [-0.25, -0.2) is 4.39 Å². The number of aromatic amines is 1. The number of H-pyrrole nitrogens is 1. The summed E-state index contributed by atoms with van der Waals surface area (Å²) in [4.78, 5) is 17.5. The van der Waals surface area contributed by atoms with Gasteiger partial charge in [0.1, 0.15) is 16.1 Å². The van der Waals surface area contributed by atoms with Gasteiger partial charge in [0.25, 0.3) is 5.56 Å². The zero-order valence-electron chi connectivity index (χ0n) is 8.17. The van der Waals surface area contributed by atoms with Gasteiger partial charge in [0, 0.05) is 10.6 Å². The number of nitrogens with one attached hydrogen (secondary N) is 1. The van der Waals surface area contributed by atoms with Crippen molar-refractivity contribution in [3.8, 4) is 17.3 Å². The summed E-state index contributed by atoms with van der Waals surface area (Å²) in [6.07, 6.45) is 0. The van der Waals surface area contributed by atoms with E-state index in [0.717, 1.165) is 12.1 Å². The van der Waals surface area contributed by atoms with Crippen LogP contribution in [-0.2, 0) is 0 Å². The first-order chi connectivity index (χ1) is 7.97. The van der Waals surface area contributed by atoms with Crippen molar-refractivity contribution in [1.82, 2.24) is 9.97 Å². The molecule has 0 fully saturated rings. The van der Waals surface area contributed by atoms with Crippen molar-refractivity contribution in [2.45, 2.75) is 0 Å². The summed E-state index contributed by atoms with van der Waals surface area (Å²) in [5.41, 5.74) is -0.289. The summed E-state index contributed by atoms with van der Waals surface area (Å²) in [6.45, 7) is 0. The number of aromatic nitrogens is 2. The van der Waals surface area contributed by atoms with Gasteiger partial charge in [-0.1, -0.05) is 11.6 Å². The molecular weight excluding hydrogens is 314 g/mol. The third kappa shape index (κ3) is 2.48. The van der Waals surface area contributed by atoms with Gasteiger partial charge >= 0.3 is 0 Å². The van der Waals surface area contributed by atoms with Gasteiger partial charge in [-0.3, -0.25) is 4.79 Å². The Bertz CT molecular complexity index is 624. The van der Waals surface area contributed by atoms with E-state index in [2.05, 4.69) is 25.9 Å². The smallest absolute Gasteiger partial charge is 0.269 e. The van der Waals surface area contributed by atoms with Crippen molar-refractivity contribution in [1.29, 1.82) is 0 Å². The second-order valence-electron chi connectivity index (χ2n) is 3.21. The molecule has 0 saturated carbocycles. The molecule has 2 aromatic rings. The monoisotopic (exact) mass is 318 g/mol. The number of hydrogen-bond donors (Lipinski definition) is 2. The summed E-state index contributed by atoms with van der Waals surface area (Å²) >= 11 is 8.54. The van der Waals surface area contributed by atoms with E-state index in [1.165, 1.54) is 6.07 Å². The first-order valence-corrected chi connectivity index (χ1v) is 5.59. The molecule has 17 heavy (non-hydrogen) atoms. The number of benzene rings is 1. The maximum Gasteiger partial charge on any atom is 0.269 e. The first kappa shape index (κ1) is 12.1. The molecule has 1 aromatic heterocycles. The molecule has 0 bridgehead atoms. The van der Waals surface area contributed by atoms with E-state index in [9.17, 15) is 14.3 Å². The summed E-state index contributed by atoms with van der Waals surface area (Å²) in [7, 11) is 0. The zero-order chi connectivity index (χ0) is 12.6. The largest absolute Gasteiger partial charge is 0.492 e. The lowest BCUT2D eigenvalue weighted by Gasteiger charge is -2.03. The van der Waals surface area contributed by atoms with Crippen LogP contribution in [0, 0.1) is 5.82 Å². The summed E-state index contributed by atoms with van der Waals surface area (Å²) in [5, 5.41) is 9.55. The number of nitrogens with zero attached hydrogens (tertiary/aromatic N) is 1. The van der Waals surface area contributed by atoms with E-state index in [-0.39, 0.29) is 20.9 Å². The summed E-state index contributed by atoms with van der Waals surface area (Å²) in [5.74, 6) is -0.987. The van der Waals surface area contributed by atoms with E-state index in [4.69, 9.17) is 11.6 Å².